The van der Waals surface area contributed by atoms with E-state index < -0.39 is 23.7 Å². The van der Waals surface area contributed by atoms with Gasteiger partial charge in [-0.15, -0.1) is 0 Å². The van der Waals surface area contributed by atoms with Crippen molar-refractivity contribution in [3.63, 3.8) is 0 Å². The van der Waals surface area contributed by atoms with Crippen molar-refractivity contribution in [1.29, 1.82) is 0 Å². The summed E-state index contributed by atoms with van der Waals surface area (Å²) in [6.07, 6.45) is -4.53. The molecule has 0 saturated carbocycles. The summed E-state index contributed by atoms with van der Waals surface area (Å²) >= 11 is 0. The minimum atomic E-state index is -4.54. The molecule has 0 bridgehead atoms. The molecule has 1 fully saturated rings. The molecule has 3 rings (SSSR count). The van der Waals surface area contributed by atoms with E-state index in [4.69, 9.17) is 4.74 Å². The van der Waals surface area contributed by atoms with Crippen molar-refractivity contribution in [3.8, 4) is 5.75 Å². The van der Waals surface area contributed by atoms with Crippen molar-refractivity contribution >= 4 is 16.7 Å². The van der Waals surface area contributed by atoms with Gasteiger partial charge in [0.25, 0.3) is 0 Å². The smallest absolute Gasteiger partial charge is 0.409 e. The molecule has 0 aliphatic carbocycles. The van der Waals surface area contributed by atoms with Crippen LogP contribution in [0.15, 0.2) is 36.4 Å². The summed E-state index contributed by atoms with van der Waals surface area (Å²) in [6, 6.07) is 8.03. The standard InChI is InChI=1S/C19H21F3N2O2/c1-4-26-15-8-7-12-5-6-13(9-14(12)10-15)17(19(20,21)22)24-18(2,3)11-16(25)23-24/h5-10,17H,4,11H2,1-3H3,(H,23,25)/t17-/m0/s1. The van der Waals surface area contributed by atoms with E-state index in [0.29, 0.717) is 17.7 Å². The number of amides is 1. The Morgan fingerprint density at radius 2 is 1.88 bits per heavy atom. The Morgan fingerprint density at radius 3 is 2.46 bits per heavy atom. The number of carbonyl (C=O) groups is 1. The van der Waals surface area contributed by atoms with E-state index in [0.717, 1.165) is 10.4 Å². The highest BCUT2D eigenvalue weighted by molar-refractivity contribution is 5.85. The molecule has 1 heterocycles. The van der Waals surface area contributed by atoms with E-state index in [1.165, 1.54) is 12.1 Å². The summed E-state index contributed by atoms with van der Waals surface area (Å²) in [5.74, 6) is 0.194. The highest BCUT2D eigenvalue weighted by atomic mass is 19.4. The molecule has 1 saturated heterocycles. The van der Waals surface area contributed by atoms with Gasteiger partial charge in [-0.2, -0.15) is 18.2 Å². The van der Waals surface area contributed by atoms with Crippen LogP contribution in [0.25, 0.3) is 10.8 Å². The SMILES string of the molecule is CCOc1ccc2ccc([C@H](N3NC(=O)CC3(C)C)C(F)(F)F)cc2c1. The normalized spacial score (nSPS) is 18.8. The van der Waals surface area contributed by atoms with Crippen LogP contribution in [-0.2, 0) is 4.79 Å². The van der Waals surface area contributed by atoms with Crippen LogP contribution in [0.5, 0.6) is 5.75 Å². The summed E-state index contributed by atoms with van der Waals surface area (Å²) in [6.45, 7) is 5.57. The summed E-state index contributed by atoms with van der Waals surface area (Å²) in [5, 5.41) is 2.50. The predicted molar refractivity (Wildman–Crippen MR) is 92.6 cm³/mol. The number of halogens is 3. The van der Waals surface area contributed by atoms with Gasteiger partial charge in [0.2, 0.25) is 5.91 Å². The Balaban J connectivity index is 2.08. The Kier molecular flexibility index (Phi) is 4.60. The van der Waals surface area contributed by atoms with Crippen molar-refractivity contribution in [2.45, 2.75) is 44.9 Å². The number of alkyl halides is 3. The highest BCUT2D eigenvalue weighted by Gasteiger charge is 2.52. The van der Waals surface area contributed by atoms with E-state index in [-0.39, 0.29) is 12.0 Å². The number of hydrogen-bond donors (Lipinski definition) is 1. The third-order valence-electron chi connectivity index (χ3n) is 4.52. The van der Waals surface area contributed by atoms with Gasteiger partial charge in [0, 0.05) is 12.0 Å². The number of carbonyl (C=O) groups excluding carboxylic acids is 1. The second-order valence-electron chi connectivity index (χ2n) is 7.04. The molecule has 1 atom stereocenters. The van der Waals surface area contributed by atoms with Crippen LogP contribution in [0.1, 0.15) is 38.8 Å². The maximum absolute atomic E-state index is 13.9. The Hall–Kier alpha value is -2.28. The van der Waals surface area contributed by atoms with Crippen molar-refractivity contribution in [1.82, 2.24) is 10.4 Å². The van der Waals surface area contributed by atoms with Gasteiger partial charge in [0.1, 0.15) is 5.75 Å². The van der Waals surface area contributed by atoms with Crippen molar-refractivity contribution in [2.75, 3.05) is 6.61 Å². The van der Waals surface area contributed by atoms with Crippen LogP contribution in [0.4, 0.5) is 13.2 Å². The van der Waals surface area contributed by atoms with E-state index in [2.05, 4.69) is 5.43 Å². The third kappa shape index (κ3) is 3.49. The summed E-state index contributed by atoms with van der Waals surface area (Å²) in [4.78, 5) is 11.7. The number of hydrogen-bond acceptors (Lipinski definition) is 3. The van der Waals surface area contributed by atoms with Gasteiger partial charge in [-0.3, -0.25) is 10.2 Å². The van der Waals surface area contributed by atoms with E-state index in [1.54, 1.807) is 32.0 Å². The second-order valence-corrected chi connectivity index (χ2v) is 7.04. The quantitative estimate of drug-likeness (QED) is 0.874. The molecular formula is C19H21F3N2O2. The molecular weight excluding hydrogens is 345 g/mol. The Bertz CT molecular complexity index is 833. The van der Waals surface area contributed by atoms with Crippen molar-refractivity contribution < 1.29 is 22.7 Å². The van der Waals surface area contributed by atoms with Crippen LogP contribution >= 0.6 is 0 Å². The van der Waals surface area contributed by atoms with Gasteiger partial charge < -0.3 is 4.74 Å². The average Bonchev–Trinajstić information content (AvgIpc) is 2.78. The minimum Gasteiger partial charge on any atom is -0.494 e. The largest absolute Gasteiger partial charge is 0.494 e. The lowest BCUT2D eigenvalue weighted by atomic mass is 9.95. The molecule has 1 N–H and O–H groups in total. The molecule has 140 valence electrons. The first-order chi connectivity index (χ1) is 12.1. The number of fused-ring (bicyclic) bond motifs is 1. The van der Waals surface area contributed by atoms with Crippen molar-refractivity contribution in [2.24, 2.45) is 0 Å². The lowest BCUT2D eigenvalue weighted by Crippen LogP contribution is -2.51. The second kappa shape index (κ2) is 6.46. The zero-order chi connectivity index (χ0) is 19.1. The van der Waals surface area contributed by atoms with Crippen LogP contribution < -0.4 is 10.2 Å². The summed E-state index contributed by atoms with van der Waals surface area (Å²) in [7, 11) is 0. The van der Waals surface area contributed by atoms with Gasteiger partial charge in [-0.25, -0.2) is 0 Å². The fourth-order valence-electron chi connectivity index (χ4n) is 3.37. The summed E-state index contributed by atoms with van der Waals surface area (Å²) < 4.78 is 47.2. The van der Waals surface area contributed by atoms with E-state index in [9.17, 15) is 18.0 Å². The zero-order valence-electron chi connectivity index (χ0n) is 14.9. The molecule has 7 heteroatoms. The fourth-order valence-corrected chi connectivity index (χ4v) is 3.37. The maximum atomic E-state index is 13.9. The molecule has 4 nitrogen and oxygen atoms in total. The van der Waals surface area contributed by atoms with Gasteiger partial charge >= 0.3 is 6.18 Å². The molecule has 2 aromatic carbocycles. The first-order valence-corrected chi connectivity index (χ1v) is 8.44. The summed E-state index contributed by atoms with van der Waals surface area (Å²) in [5.41, 5.74) is 1.51. The van der Waals surface area contributed by atoms with Gasteiger partial charge in [-0.05, 0) is 55.3 Å². The number of ether oxygens (including phenoxy) is 1. The first kappa shape index (κ1) is 18.5. The molecule has 1 amide bonds. The number of nitrogens with one attached hydrogen (secondary N) is 1. The molecule has 0 unspecified atom stereocenters. The zero-order valence-corrected chi connectivity index (χ0v) is 14.9. The van der Waals surface area contributed by atoms with Gasteiger partial charge in [-0.1, -0.05) is 18.2 Å². The molecule has 1 aliphatic rings. The lowest BCUT2D eigenvalue weighted by Gasteiger charge is -2.38. The number of rotatable bonds is 4. The topological polar surface area (TPSA) is 41.6 Å². The molecule has 1 aliphatic heterocycles. The lowest BCUT2D eigenvalue weighted by molar-refractivity contribution is -0.203. The van der Waals surface area contributed by atoms with Crippen molar-refractivity contribution in [3.05, 3.63) is 42.0 Å². The molecule has 0 spiro atoms. The first-order valence-electron chi connectivity index (χ1n) is 8.44. The molecule has 0 radical (unpaired) electrons. The predicted octanol–water partition coefficient (Wildman–Crippen LogP) is 4.36. The van der Waals surface area contributed by atoms with Crippen LogP contribution in [0.3, 0.4) is 0 Å². The Labute approximate surface area is 149 Å². The molecule has 26 heavy (non-hydrogen) atoms. The monoisotopic (exact) mass is 366 g/mol. The van der Waals surface area contributed by atoms with E-state index in [1.807, 2.05) is 13.0 Å². The van der Waals surface area contributed by atoms with Crippen LogP contribution in [0.2, 0.25) is 0 Å². The fraction of sp³-hybridized carbons (Fsp3) is 0.421. The minimum absolute atomic E-state index is 0.0155. The molecule has 0 aromatic heterocycles. The van der Waals surface area contributed by atoms with E-state index >= 15 is 0 Å². The molecule has 2 aromatic rings. The maximum Gasteiger partial charge on any atom is 0.409 e. The third-order valence-corrected chi connectivity index (χ3v) is 4.52. The van der Waals surface area contributed by atoms with Crippen LogP contribution in [0, 0.1) is 0 Å². The highest BCUT2D eigenvalue weighted by Crippen LogP contribution is 2.43. The van der Waals surface area contributed by atoms with Gasteiger partial charge in [0.15, 0.2) is 6.04 Å². The number of benzene rings is 2. The average molecular weight is 366 g/mol. The number of nitrogens with zero attached hydrogens (tertiary/aromatic N) is 1. The van der Waals surface area contributed by atoms with Crippen LogP contribution in [-0.4, -0.2) is 29.2 Å². The number of hydrazine groups is 1. The van der Waals surface area contributed by atoms with Gasteiger partial charge in [0.05, 0.1) is 6.61 Å². The Morgan fingerprint density at radius 1 is 1.19 bits per heavy atom.